The molecule has 0 unspecified atom stereocenters. The number of aliphatic hydroxyl groups excluding tert-OH is 2. The maximum atomic E-state index is 12.7. The number of halogens is 3. The number of fused-ring (bicyclic) bond motifs is 1. The van der Waals surface area contributed by atoms with Gasteiger partial charge in [-0.2, -0.15) is 13.2 Å². The van der Waals surface area contributed by atoms with E-state index in [1.807, 2.05) is 0 Å². The Labute approximate surface area is 178 Å². The average Bonchev–Trinajstić information content (AvgIpc) is 2.66. The maximum Gasteiger partial charge on any atom is 0.389 e. The van der Waals surface area contributed by atoms with Gasteiger partial charge in [0.2, 0.25) is 5.88 Å². The van der Waals surface area contributed by atoms with Gasteiger partial charge < -0.3 is 14.9 Å². The lowest BCUT2D eigenvalue weighted by molar-refractivity contribution is -0.143. The van der Waals surface area contributed by atoms with E-state index in [4.69, 9.17) is 4.74 Å². The van der Waals surface area contributed by atoms with Crippen LogP contribution in [0.15, 0.2) is 12.4 Å². The number of aromatic nitrogens is 3. The van der Waals surface area contributed by atoms with Gasteiger partial charge in [-0.25, -0.2) is 15.0 Å². The lowest BCUT2D eigenvalue weighted by Gasteiger charge is -2.31. The first-order valence-electron chi connectivity index (χ1n) is 10.9. The predicted molar refractivity (Wildman–Crippen MR) is 108 cm³/mol. The summed E-state index contributed by atoms with van der Waals surface area (Å²) in [6.07, 6.45) is 1.68. The van der Waals surface area contributed by atoms with Crippen molar-refractivity contribution in [2.75, 3.05) is 0 Å². The van der Waals surface area contributed by atoms with E-state index in [2.05, 4.69) is 15.0 Å². The van der Waals surface area contributed by atoms with Crippen LogP contribution in [-0.4, -0.2) is 49.7 Å². The molecule has 0 amide bonds. The SMILES string of the molecule is C[C@@H](Cc1ncc2c(OC3CC(O)C3)ncc(C3CCC(O)CC3)c2n1)CC(F)(F)F. The lowest BCUT2D eigenvalue weighted by Crippen LogP contribution is -2.37. The molecule has 0 aromatic carbocycles. The van der Waals surface area contributed by atoms with E-state index in [1.54, 1.807) is 19.3 Å². The van der Waals surface area contributed by atoms with E-state index in [9.17, 15) is 23.4 Å². The summed E-state index contributed by atoms with van der Waals surface area (Å²) in [6, 6.07) is 0. The van der Waals surface area contributed by atoms with Crippen LogP contribution >= 0.6 is 0 Å². The Balaban J connectivity index is 1.64. The molecule has 0 radical (unpaired) electrons. The highest BCUT2D eigenvalue weighted by molar-refractivity contribution is 5.85. The lowest BCUT2D eigenvalue weighted by atomic mass is 9.82. The van der Waals surface area contributed by atoms with Crippen LogP contribution in [-0.2, 0) is 6.42 Å². The molecule has 2 saturated carbocycles. The molecule has 4 rings (SSSR count). The molecule has 9 heteroatoms. The summed E-state index contributed by atoms with van der Waals surface area (Å²) in [5.41, 5.74) is 1.59. The van der Waals surface area contributed by atoms with Gasteiger partial charge in [-0.15, -0.1) is 0 Å². The second-order valence-corrected chi connectivity index (χ2v) is 9.07. The average molecular weight is 439 g/mol. The zero-order valence-corrected chi connectivity index (χ0v) is 17.5. The van der Waals surface area contributed by atoms with Crippen LogP contribution in [0.2, 0.25) is 0 Å². The fraction of sp³-hybridized carbons (Fsp3) is 0.682. The number of nitrogens with zero attached hydrogens (tertiary/aromatic N) is 3. The smallest absolute Gasteiger partial charge is 0.389 e. The maximum absolute atomic E-state index is 12.7. The van der Waals surface area contributed by atoms with Gasteiger partial charge in [0.25, 0.3) is 0 Å². The highest BCUT2D eigenvalue weighted by atomic mass is 19.4. The van der Waals surface area contributed by atoms with Crippen molar-refractivity contribution in [3.63, 3.8) is 0 Å². The molecule has 6 nitrogen and oxygen atoms in total. The number of aliphatic hydroxyl groups is 2. The summed E-state index contributed by atoms with van der Waals surface area (Å²) < 4.78 is 44.2. The highest BCUT2D eigenvalue weighted by Gasteiger charge is 2.32. The number of hydrogen-bond acceptors (Lipinski definition) is 6. The van der Waals surface area contributed by atoms with Crippen LogP contribution in [0.5, 0.6) is 5.88 Å². The van der Waals surface area contributed by atoms with Crippen molar-refractivity contribution >= 4 is 10.9 Å². The number of ether oxygens (including phenoxy) is 1. The second kappa shape index (κ2) is 8.86. The fourth-order valence-electron chi connectivity index (χ4n) is 4.50. The van der Waals surface area contributed by atoms with Crippen LogP contribution < -0.4 is 4.74 Å². The Morgan fingerprint density at radius 1 is 1.06 bits per heavy atom. The molecule has 2 heterocycles. The summed E-state index contributed by atoms with van der Waals surface area (Å²) in [5.74, 6) is 0.312. The topological polar surface area (TPSA) is 88.4 Å². The van der Waals surface area contributed by atoms with Crippen LogP contribution in [0.1, 0.15) is 69.2 Å². The Kier molecular flexibility index (Phi) is 6.35. The van der Waals surface area contributed by atoms with E-state index < -0.39 is 18.5 Å². The van der Waals surface area contributed by atoms with Gasteiger partial charge in [0.1, 0.15) is 11.9 Å². The van der Waals surface area contributed by atoms with E-state index in [0.29, 0.717) is 48.3 Å². The predicted octanol–water partition coefficient (Wildman–Crippen LogP) is 4.08. The van der Waals surface area contributed by atoms with Gasteiger partial charge in [-0.05, 0) is 37.5 Å². The summed E-state index contributed by atoms with van der Waals surface area (Å²) in [4.78, 5) is 13.5. The van der Waals surface area contributed by atoms with Gasteiger partial charge in [-0.1, -0.05) is 6.92 Å². The van der Waals surface area contributed by atoms with Crippen molar-refractivity contribution in [2.24, 2.45) is 5.92 Å². The standard InChI is InChI=1S/C22H28F3N3O3/c1-12(9-22(23,24)25)6-19-26-11-18-20(28-19)17(13-2-4-14(29)5-3-13)10-27-21(18)31-16-7-15(30)8-16/h10-16,29-30H,2-9H2,1H3/t12-,13?,14?,15?,16?/m0/s1. The van der Waals surface area contributed by atoms with Crippen molar-refractivity contribution in [1.29, 1.82) is 0 Å². The molecule has 2 aliphatic rings. The van der Waals surface area contributed by atoms with E-state index >= 15 is 0 Å². The molecule has 0 saturated heterocycles. The van der Waals surface area contributed by atoms with Crippen molar-refractivity contribution in [3.05, 3.63) is 23.8 Å². The molecule has 2 N–H and O–H groups in total. The van der Waals surface area contributed by atoms with Crippen molar-refractivity contribution in [1.82, 2.24) is 15.0 Å². The first-order chi connectivity index (χ1) is 14.7. The number of alkyl halides is 3. The molecular weight excluding hydrogens is 411 g/mol. The van der Waals surface area contributed by atoms with E-state index in [1.165, 1.54) is 0 Å². The van der Waals surface area contributed by atoms with Crippen LogP contribution in [0.25, 0.3) is 10.9 Å². The van der Waals surface area contributed by atoms with Gasteiger partial charge in [0.05, 0.1) is 23.1 Å². The summed E-state index contributed by atoms with van der Waals surface area (Å²) in [6.45, 7) is 1.55. The number of pyridine rings is 1. The molecule has 2 aliphatic carbocycles. The minimum absolute atomic E-state index is 0.118. The highest BCUT2D eigenvalue weighted by Crippen LogP contribution is 2.38. The molecule has 0 bridgehead atoms. The molecule has 1 atom stereocenters. The zero-order chi connectivity index (χ0) is 22.2. The molecule has 2 fully saturated rings. The van der Waals surface area contributed by atoms with Gasteiger partial charge >= 0.3 is 6.18 Å². The molecular formula is C22H28F3N3O3. The number of rotatable bonds is 6. The third-order valence-corrected chi connectivity index (χ3v) is 6.26. The monoisotopic (exact) mass is 439 g/mol. The minimum Gasteiger partial charge on any atom is -0.474 e. The Morgan fingerprint density at radius 3 is 2.42 bits per heavy atom. The van der Waals surface area contributed by atoms with Crippen molar-refractivity contribution in [2.45, 2.75) is 88.7 Å². The fourth-order valence-corrected chi connectivity index (χ4v) is 4.50. The van der Waals surface area contributed by atoms with Gasteiger partial charge in [-0.3, -0.25) is 0 Å². The van der Waals surface area contributed by atoms with E-state index in [0.717, 1.165) is 18.4 Å². The van der Waals surface area contributed by atoms with E-state index in [-0.39, 0.29) is 30.7 Å². The summed E-state index contributed by atoms with van der Waals surface area (Å²) >= 11 is 0. The molecule has 31 heavy (non-hydrogen) atoms. The third-order valence-electron chi connectivity index (χ3n) is 6.26. The molecule has 2 aromatic rings. The minimum atomic E-state index is -4.22. The Hall–Kier alpha value is -2.00. The Morgan fingerprint density at radius 2 is 1.77 bits per heavy atom. The first kappa shape index (κ1) is 22.2. The van der Waals surface area contributed by atoms with Crippen LogP contribution in [0.4, 0.5) is 13.2 Å². The van der Waals surface area contributed by atoms with Crippen LogP contribution in [0.3, 0.4) is 0 Å². The Bertz CT molecular complexity index is 910. The molecule has 170 valence electrons. The zero-order valence-electron chi connectivity index (χ0n) is 17.5. The summed E-state index contributed by atoms with van der Waals surface area (Å²) in [7, 11) is 0. The third kappa shape index (κ3) is 5.44. The first-order valence-corrected chi connectivity index (χ1v) is 10.9. The largest absolute Gasteiger partial charge is 0.474 e. The van der Waals surface area contributed by atoms with Gasteiger partial charge in [0.15, 0.2) is 0 Å². The van der Waals surface area contributed by atoms with Gasteiger partial charge in [0, 0.05) is 43.6 Å². The number of hydrogen-bond donors (Lipinski definition) is 2. The van der Waals surface area contributed by atoms with Crippen molar-refractivity contribution < 1.29 is 28.1 Å². The second-order valence-electron chi connectivity index (χ2n) is 9.07. The quantitative estimate of drug-likeness (QED) is 0.705. The van der Waals surface area contributed by atoms with Crippen molar-refractivity contribution in [3.8, 4) is 5.88 Å². The molecule has 2 aromatic heterocycles. The summed E-state index contributed by atoms with van der Waals surface area (Å²) in [5, 5.41) is 20.0. The molecule has 0 aliphatic heterocycles. The normalized spacial score (nSPS) is 27.7. The van der Waals surface area contributed by atoms with Crippen LogP contribution in [0, 0.1) is 5.92 Å². The molecule has 0 spiro atoms.